The zero-order chi connectivity index (χ0) is 21.3. The number of Topliss-reactive ketones (excluding diaryl/α,β-unsaturated/α-hetero) is 1. The van der Waals surface area contributed by atoms with Crippen LogP contribution >= 0.6 is 0 Å². The molecule has 158 valence electrons. The number of hydrogen-bond acceptors (Lipinski definition) is 3. The van der Waals surface area contributed by atoms with Gasteiger partial charge in [-0.2, -0.15) is 0 Å². The third kappa shape index (κ3) is 4.48. The number of benzene rings is 3. The predicted octanol–water partition coefficient (Wildman–Crippen LogP) is 4.85. The van der Waals surface area contributed by atoms with Gasteiger partial charge in [-0.15, -0.1) is 0 Å². The van der Waals surface area contributed by atoms with Crippen LogP contribution in [0.4, 0.5) is 0 Å². The van der Waals surface area contributed by atoms with Gasteiger partial charge in [0.05, 0.1) is 12.1 Å². The van der Waals surface area contributed by atoms with Gasteiger partial charge in [-0.1, -0.05) is 84.9 Å². The van der Waals surface area contributed by atoms with Crippen LogP contribution in [0.1, 0.15) is 28.8 Å². The topological polar surface area (TPSA) is 40.5 Å². The Kier molecular flexibility index (Phi) is 5.47. The molecule has 2 fully saturated rings. The Hall–Kier alpha value is -2.75. The van der Waals surface area contributed by atoms with Crippen molar-refractivity contribution >= 4 is 5.78 Å². The maximum absolute atomic E-state index is 12.8. The molecule has 3 aromatic carbocycles. The summed E-state index contributed by atoms with van der Waals surface area (Å²) in [6, 6.07) is 28.5. The SMILES string of the molecule is O=C(CN1C[C@@H]2C[C@@](O)(Cc3ccccc3)C[C@@H]2C1)c1ccc(-c2ccccc2)cc1. The Morgan fingerprint density at radius 1 is 0.806 bits per heavy atom. The molecule has 1 heterocycles. The molecular weight excluding hydrogens is 382 g/mol. The molecule has 0 spiro atoms. The summed E-state index contributed by atoms with van der Waals surface area (Å²) in [6.07, 6.45) is 2.40. The van der Waals surface area contributed by atoms with Crippen molar-refractivity contribution in [1.29, 1.82) is 0 Å². The molecule has 3 nitrogen and oxygen atoms in total. The Morgan fingerprint density at radius 3 is 1.97 bits per heavy atom. The van der Waals surface area contributed by atoms with Crippen LogP contribution in [-0.4, -0.2) is 41.0 Å². The zero-order valence-corrected chi connectivity index (χ0v) is 17.8. The predicted molar refractivity (Wildman–Crippen MR) is 124 cm³/mol. The number of carbonyl (C=O) groups excluding carboxylic acids is 1. The van der Waals surface area contributed by atoms with Crippen molar-refractivity contribution in [2.75, 3.05) is 19.6 Å². The molecule has 5 rings (SSSR count). The van der Waals surface area contributed by atoms with Gasteiger partial charge in [-0.3, -0.25) is 9.69 Å². The molecule has 3 heteroatoms. The molecule has 0 unspecified atom stereocenters. The lowest BCUT2D eigenvalue weighted by molar-refractivity contribution is 0.0355. The summed E-state index contributed by atoms with van der Waals surface area (Å²) in [5, 5.41) is 11.1. The van der Waals surface area contributed by atoms with Crippen molar-refractivity contribution in [3.05, 3.63) is 96.1 Å². The van der Waals surface area contributed by atoms with E-state index in [-0.39, 0.29) is 5.78 Å². The molecule has 1 aliphatic heterocycles. The molecule has 3 atom stereocenters. The van der Waals surface area contributed by atoms with Gasteiger partial charge in [0.1, 0.15) is 0 Å². The molecule has 31 heavy (non-hydrogen) atoms. The monoisotopic (exact) mass is 411 g/mol. The highest BCUT2D eigenvalue weighted by molar-refractivity contribution is 5.98. The van der Waals surface area contributed by atoms with E-state index < -0.39 is 5.60 Å². The second-order valence-electron chi connectivity index (χ2n) is 9.38. The van der Waals surface area contributed by atoms with Crippen molar-refractivity contribution in [2.24, 2.45) is 11.8 Å². The summed E-state index contributed by atoms with van der Waals surface area (Å²) in [5.74, 6) is 1.16. The highest BCUT2D eigenvalue weighted by Crippen LogP contribution is 2.45. The van der Waals surface area contributed by atoms with Crippen LogP contribution in [0.25, 0.3) is 11.1 Å². The van der Waals surface area contributed by atoms with Gasteiger partial charge in [-0.25, -0.2) is 0 Å². The zero-order valence-electron chi connectivity index (χ0n) is 17.8. The minimum atomic E-state index is -0.597. The van der Waals surface area contributed by atoms with Gasteiger partial charge in [0.15, 0.2) is 5.78 Å². The van der Waals surface area contributed by atoms with Gasteiger partial charge in [0.2, 0.25) is 0 Å². The maximum Gasteiger partial charge on any atom is 0.176 e. The maximum atomic E-state index is 12.8. The highest BCUT2D eigenvalue weighted by atomic mass is 16.3. The van der Waals surface area contributed by atoms with Crippen LogP contribution < -0.4 is 0 Å². The van der Waals surface area contributed by atoms with Gasteiger partial charge < -0.3 is 5.11 Å². The van der Waals surface area contributed by atoms with Gasteiger partial charge in [-0.05, 0) is 41.4 Å². The molecule has 2 aliphatic rings. The van der Waals surface area contributed by atoms with E-state index in [1.165, 1.54) is 5.56 Å². The first-order chi connectivity index (χ1) is 15.1. The summed E-state index contributed by atoms with van der Waals surface area (Å²) in [5.41, 5.74) is 3.68. The fraction of sp³-hybridized carbons (Fsp3) is 0.321. The number of aliphatic hydroxyl groups is 1. The number of ketones is 1. The van der Waals surface area contributed by atoms with Crippen molar-refractivity contribution in [3.8, 4) is 11.1 Å². The number of fused-ring (bicyclic) bond motifs is 1. The minimum Gasteiger partial charge on any atom is -0.390 e. The molecule has 1 saturated carbocycles. The van der Waals surface area contributed by atoms with Crippen LogP contribution in [0, 0.1) is 11.8 Å². The van der Waals surface area contributed by atoms with Gasteiger partial charge in [0.25, 0.3) is 0 Å². The normalized spacial score (nSPS) is 25.5. The average Bonchev–Trinajstić information content (AvgIpc) is 3.28. The highest BCUT2D eigenvalue weighted by Gasteiger charge is 2.48. The third-order valence-electron chi connectivity index (χ3n) is 6.99. The fourth-order valence-electron chi connectivity index (χ4n) is 5.58. The molecule has 0 amide bonds. The van der Waals surface area contributed by atoms with E-state index in [1.807, 2.05) is 60.7 Å². The summed E-state index contributed by atoms with van der Waals surface area (Å²) < 4.78 is 0. The second kappa shape index (κ2) is 8.41. The summed E-state index contributed by atoms with van der Waals surface area (Å²) in [7, 11) is 0. The van der Waals surface area contributed by atoms with Crippen molar-refractivity contribution in [1.82, 2.24) is 4.90 Å². The minimum absolute atomic E-state index is 0.180. The molecule has 1 aliphatic carbocycles. The van der Waals surface area contributed by atoms with Crippen LogP contribution in [0.5, 0.6) is 0 Å². The lowest BCUT2D eigenvalue weighted by Gasteiger charge is -2.26. The lowest BCUT2D eigenvalue weighted by atomic mass is 9.91. The lowest BCUT2D eigenvalue weighted by Crippen LogP contribution is -2.34. The van der Waals surface area contributed by atoms with Crippen LogP contribution in [0.3, 0.4) is 0 Å². The smallest absolute Gasteiger partial charge is 0.176 e. The first kappa shape index (κ1) is 20.2. The van der Waals surface area contributed by atoms with Crippen molar-refractivity contribution in [2.45, 2.75) is 24.9 Å². The summed E-state index contributed by atoms with van der Waals surface area (Å²) in [6.45, 7) is 2.29. The van der Waals surface area contributed by atoms with E-state index in [0.29, 0.717) is 18.4 Å². The van der Waals surface area contributed by atoms with Crippen LogP contribution in [0.2, 0.25) is 0 Å². The molecule has 0 bridgehead atoms. The van der Waals surface area contributed by atoms with Crippen molar-refractivity contribution in [3.63, 3.8) is 0 Å². The second-order valence-corrected chi connectivity index (χ2v) is 9.38. The van der Waals surface area contributed by atoms with Gasteiger partial charge in [0, 0.05) is 25.1 Å². The number of hydrogen-bond donors (Lipinski definition) is 1. The van der Waals surface area contributed by atoms with E-state index in [1.54, 1.807) is 0 Å². The molecule has 0 aromatic heterocycles. The molecule has 0 radical (unpaired) electrons. The van der Waals surface area contributed by atoms with E-state index in [9.17, 15) is 9.90 Å². The quantitative estimate of drug-likeness (QED) is 0.590. The fourth-order valence-corrected chi connectivity index (χ4v) is 5.58. The first-order valence-corrected chi connectivity index (χ1v) is 11.3. The number of carbonyl (C=O) groups is 1. The average molecular weight is 412 g/mol. The standard InChI is InChI=1S/C28H29NO2/c30-27(24-13-11-23(12-14-24)22-9-5-2-6-10-22)20-29-18-25-16-28(31,17-26(25)19-29)15-21-7-3-1-4-8-21/h1-14,25-26,31H,15-20H2/t25-,26+,28-. The molecule has 1 N–H and O–H groups in total. The largest absolute Gasteiger partial charge is 0.390 e. The Labute approximate surface area is 184 Å². The van der Waals surface area contributed by atoms with E-state index in [0.717, 1.165) is 49.0 Å². The first-order valence-electron chi connectivity index (χ1n) is 11.3. The summed E-state index contributed by atoms with van der Waals surface area (Å²) in [4.78, 5) is 15.1. The van der Waals surface area contributed by atoms with E-state index in [4.69, 9.17) is 0 Å². The van der Waals surface area contributed by atoms with E-state index >= 15 is 0 Å². The molecule has 3 aromatic rings. The summed E-state index contributed by atoms with van der Waals surface area (Å²) >= 11 is 0. The van der Waals surface area contributed by atoms with E-state index in [2.05, 4.69) is 29.2 Å². The number of likely N-dealkylation sites (tertiary alicyclic amines) is 1. The van der Waals surface area contributed by atoms with Crippen molar-refractivity contribution < 1.29 is 9.90 Å². The Morgan fingerprint density at radius 2 is 1.35 bits per heavy atom. The molecular formula is C28H29NO2. The van der Waals surface area contributed by atoms with Crippen LogP contribution in [-0.2, 0) is 6.42 Å². The number of nitrogens with zero attached hydrogens (tertiary/aromatic N) is 1. The Balaban J connectivity index is 1.16. The third-order valence-corrected chi connectivity index (χ3v) is 6.99. The molecule has 1 saturated heterocycles. The Bertz CT molecular complexity index is 1020. The number of rotatable bonds is 6. The van der Waals surface area contributed by atoms with Gasteiger partial charge >= 0.3 is 0 Å². The van der Waals surface area contributed by atoms with Crippen LogP contribution in [0.15, 0.2) is 84.9 Å².